The van der Waals surface area contributed by atoms with Crippen molar-refractivity contribution < 1.29 is 15.0 Å². The fraction of sp³-hybridized carbons (Fsp3) is 0.571. The molecule has 1 unspecified atom stereocenters. The fourth-order valence-electron chi connectivity index (χ4n) is 0.648. The van der Waals surface area contributed by atoms with Crippen molar-refractivity contribution in [1.29, 1.82) is 0 Å². The number of carboxylic acid groups (broad SMARTS) is 1. The van der Waals surface area contributed by atoms with Crippen molar-refractivity contribution in [3.63, 3.8) is 0 Å². The molecule has 0 aliphatic carbocycles. The van der Waals surface area contributed by atoms with E-state index in [0.717, 1.165) is 4.48 Å². The van der Waals surface area contributed by atoms with Crippen molar-refractivity contribution in [3.05, 3.63) is 11.1 Å². The topological polar surface area (TPSA) is 69.6 Å². The number of hydrogen-bond donors (Lipinski definition) is 3. The maximum atomic E-state index is 10.1. The molecule has 0 saturated heterocycles. The summed E-state index contributed by atoms with van der Waals surface area (Å²) in [6.45, 7) is 4.35. The van der Waals surface area contributed by atoms with E-state index < -0.39 is 12.1 Å². The van der Waals surface area contributed by atoms with Crippen LogP contribution in [0.25, 0.3) is 0 Å². The van der Waals surface area contributed by atoms with Crippen molar-refractivity contribution >= 4 is 21.9 Å². The minimum Gasteiger partial charge on any atom is -0.481 e. The molecule has 3 N–H and O–H groups in total. The molecule has 0 amide bonds. The summed E-state index contributed by atoms with van der Waals surface area (Å²) in [6, 6.07) is 0. The van der Waals surface area contributed by atoms with Crippen LogP contribution in [0.5, 0.6) is 0 Å². The highest BCUT2D eigenvalue weighted by Gasteiger charge is 2.07. The van der Waals surface area contributed by atoms with Gasteiger partial charge < -0.3 is 15.5 Å². The molecule has 0 aromatic rings. The largest absolute Gasteiger partial charge is 0.481 e. The molecule has 0 aliphatic heterocycles. The van der Waals surface area contributed by atoms with Gasteiger partial charge in [0.2, 0.25) is 0 Å². The number of aliphatic carboxylic acids is 1. The number of halogens is 1. The molecule has 5 heteroatoms. The van der Waals surface area contributed by atoms with Gasteiger partial charge in [-0.15, -0.1) is 0 Å². The minimum atomic E-state index is -0.998. The molecule has 70 valence electrons. The lowest BCUT2D eigenvalue weighted by molar-refractivity contribution is -0.139. The third-order valence-electron chi connectivity index (χ3n) is 1.11. The van der Waals surface area contributed by atoms with Crippen LogP contribution in [-0.4, -0.2) is 35.4 Å². The van der Waals surface area contributed by atoms with Crippen molar-refractivity contribution in [1.82, 2.24) is 5.32 Å². The average Bonchev–Trinajstić information content (AvgIpc) is 1.84. The van der Waals surface area contributed by atoms with Crippen LogP contribution < -0.4 is 5.32 Å². The van der Waals surface area contributed by atoms with Gasteiger partial charge in [-0.3, -0.25) is 4.79 Å². The van der Waals surface area contributed by atoms with E-state index in [2.05, 4.69) is 27.8 Å². The maximum Gasteiger partial charge on any atom is 0.306 e. The second-order valence-electron chi connectivity index (χ2n) is 2.40. The summed E-state index contributed by atoms with van der Waals surface area (Å²) in [5.41, 5.74) is 0. The standard InChI is InChI=1S/C7H12BrNO3/c1-5(8)3-9-4-6(10)2-7(11)12/h6,9-10H,1-4H2,(H,11,12). The van der Waals surface area contributed by atoms with Gasteiger partial charge in [0.25, 0.3) is 0 Å². The first-order valence-corrected chi connectivity index (χ1v) is 4.25. The lowest BCUT2D eigenvalue weighted by atomic mass is 10.2. The van der Waals surface area contributed by atoms with Crippen molar-refractivity contribution in [3.8, 4) is 0 Å². The Labute approximate surface area is 79.4 Å². The number of carboxylic acids is 1. The van der Waals surface area contributed by atoms with Crippen LogP contribution in [0.1, 0.15) is 6.42 Å². The third kappa shape index (κ3) is 7.71. The second kappa shape index (κ2) is 6.16. The summed E-state index contributed by atoms with van der Waals surface area (Å²) in [6.07, 6.45) is -1.07. The van der Waals surface area contributed by atoms with E-state index in [4.69, 9.17) is 10.2 Å². The lowest BCUT2D eigenvalue weighted by Crippen LogP contribution is -2.29. The van der Waals surface area contributed by atoms with E-state index in [0.29, 0.717) is 6.54 Å². The maximum absolute atomic E-state index is 10.1. The highest BCUT2D eigenvalue weighted by atomic mass is 79.9. The van der Waals surface area contributed by atoms with Gasteiger partial charge in [0.05, 0.1) is 12.5 Å². The van der Waals surface area contributed by atoms with Crippen molar-refractivity contribution in [2.45, 2.75) is 12.5 Å². The zero-order chi connectivity index (χ0) is 9.56. The predicted molar refractivity (Wildman–Crippen MR) is 49.2 cm³/mol. The molecule has 0 aliphatic rings. The van der Waals surface area contributed by atoms with E-state index in [-0.39, 0.29) is 13.0 Å². The molecule has 0 fully saturated rings. The molecule has 0 aromatic heterocycles. The second-order valence-corrected chi connectivity index (χ2v) is 3.52. The van der Waals surface area contributed by atoms with E-state index >= 15 is 0 Å². The number of nitrogens with one attached hydrogen (secondary N) is 1. The number of hydrogen-bond acceptors (Lipinski definition) is 3. The lowest BCUT2D eigenvalue weighted by Gasteiger charge is -2.08. The fourth-order valence-corrected chi connectivity index (χ4v) is 0.846. The molecule has 0 rings (SSSR count). The number of carbonyl (C=O) groups is 1. The van der Waals surface area contributed by atoms with Gasteiger partial charge in [-0.1, -0.05) is 22.5 Å². The molecular weight excluding hydrogens is 226 g/mol. The summed E-state index contributed by atoms with van der Waals surface area (Å²) in [7, 11) is 0. The molecule has 0 radical (unpaired) electrons. The Balaban J connectivity index is 3.37. The van der Waals surface area contributed by atoms with Gasteiger partial charge in [-0.25, -0.2) is 0 Å². The molecule has 0 aromatic carbocycles. The van der Waals surface area contributed by atoms with Gasteiger partial charge in [0.1, 0.15) is 0 Å². The Hall–Kier alpha value is -0.390. The Morgan fingerprint density at radius 3 is 2.67 bits per heavy atom. The quantitative estimate of drug-likeness (QED) is 0.623. The minimum absolute atomic E-state index is 0.234. The Bertz CT molecular complexity index is 172. The molecular formula is C7H12BrNO3. The molecule has 12 heavy (non-hydrogen) atoms. The molecule has 0 bridgehead atoms. The average molecular weight is 238 g/mol. The Morgan fingerprint density at radius 1 is 1.67 bits per heavy atom. The summed E-state index contributed by atoms with van der Waals surface area (Å²) in [4.78, 5) is 10.1. The van der Waals surface area contributed by atoms with E-state index in [1.165, 1.54) is 0 Å². The predicted octanol–water partition coefficient (Wildman–Crippen LogP) is 0.320. The van der Waals surface area contributed by atoms with Crippen LogP contribution >= 0.6 is 15.9 Å². The molecule has 1 atom stereocenters. The zero-order valence-electron chi connectivity index (χ0n) is 6.59. The molecule has 4 nitrogen and oxygen atoms in total. The van der Waals surface area contributed by atoms with Gasteiger partial charge >= 0.3 is 5.97 Å². The van der Waals surface area contributed by atoms with Gasteiger partial charge in [-0.2, -0.15) is 0 Å². The number of aliphatic hydroxyl groups is 1. The monoisotopic (exact) mass is 237 g/mol. The van der Waals surface area contributed by atoms with Crippen LogP contribution in [0, 0.1) is 0 Å². The summed E-state index contributed by atoms with van der Waals surface area (Å²) >= 11 is 3.12. The summed E-state index contributed by atoms with van der Waals surface area (Å²) in [5, 5.41) is 20.2. The highest BCUT2D eigenvalue weighted by molar-refractivity contribution is 9.11. The van der Waals surface area contributed by atoms with E-state index in [9.17, 15) is 4.79 Å². The van der Waals surface area contributed by atoms with E-state index in [1.807, 2.05) is 0 Å². The van der Waals surface area contributed by atoms with Crippen LogP contribution in [-0.2, 0) is 4.79 Å². The van der Waals surface area contributed by atoms with E-state index in [1.54, 1.807) is 0 Å². The van der Waals surface area contributed by atoms with Crippen LogP contribution in [0.4, 0.5) is 0 Å². The van der Waals surface area contributed by atoms with Gasteiger partial charge in [0, 0.05) is 17.6 Å². The highest BCUT2D eigenvalue weighted by Crippen LogP contribution is 1.97. The smallest absolute Gasteiger partial charge is 0.306 e. The number of rotatable bonds is 6. The normalized spacial score (nSPS) is 12.5. The van der Waals surface area contributed by atoms with Crippen LogP contribution in [0.2, 0.25) is 0 Å². The molecule has 0 saturated carbocycles. The summed E-state index contributed by atoms with van der Waals surface area (Å²) < 4.78 is 0.769. The van der Waals surface area contributed by atoms with Gasteiger partial charge in [-0.05, 0) is 0 Å². The van der Waals surface area contributed by atoms with Crippen molar-refractivity contribution in [2.24, 2.45) is 0 Å². The molecule has 0 spiro atoms. The third-order valence-corrected chi connectivity index (χ3v) is 1.39. The Morgan fingerprint density at radius 2 is 2.25 bits per heavy atom. The first-order valence-electron chi connectivity index (χ1n) is 3.46. The van der Waals surface area contributed by atoms with Crippen LogP contribution in [0.3, 0.4) is 0 Å². The van der Waals surface area contributed by atoms with Crippen molar-refractivity contribution in [2.75, 3.05) is 13.1 Å². The number of aliphatic hydroxyl groups excluding tert-OH is 1. The first-order chi connectivity index (χ1) is 5.52. The molecule has 0 heterocycles. The summed E-state index contributed by atoms with van der Waals surface area (Å²) in [5.74, 6) is -0.998. The van der Waals surface area contributed by atoms with Crippen LogP contribution in [0.15, 0.2) is 11.1 Å². The first kappa shape index (κ1) is 11.6. The van der Waals surface area contributed by atoms with Gasteiger partial charge in [0.15, 0.2) is 0 Å². The Kier molecular flexibility index (Phi) is 5.96. The zero-order valence-corrected chi connectivity index (χ0v) is 8.17. The SMILES string of the molecule is C=C(Br)CNCC(O)CC(=O)O.